The van der Waals surface area contributed by atoms with Gasteiger partial charge in [-0.05, 0) is 43.9 Å². The zero-order valence-electron chi connectivity index (χ0n) is 11.3. The van der Waals surface area contributed by atoms with Crippen LogP contribution in [-0.4, -0.2) is 11.0 Å². The van der Waals surface area contributed by atoms with Crippen LogP contribution in [0.25, 0.3) is 0 Å². The first-order valence-corrected chi connectivity index (χ1v) is 7.72. The standard InChI is InChI=1S/C15H21ClN2S/c1-10(11-5-3-2-4-6-11)18-14-8-7-12(16)9-13(14)15(17)19/h7-11,18H,2-6H2,1H3,(H2,17,19). The van der Waals surface area contributed by atoms with E-state index in [4.69, 9.17) is 29.6 Å². The highest BCUT2D eigenvalue weighted by atomic mass is 35.5. The van der Waals surface area contributed by atoms with Crippen LogP contribution in [-0.2, 0) is 0 Å². The highest BCUT2D eigenvalue weighted by Crippen LogP contribution is 2.29. The summed E-state index contributed by atoms with van der Waals surface area (Å²) in [6.07, 6.45) is 6.69. The fourth-order valence-corrected chi connectivity index (χ4v) is 3.18. The maximum atomic E-state index is 6.00. The molecule has 0 bridgehead atoms. The Morgan fingerprint density at radius 3 is 2.68 bits per heavy atom. The molecule has 0 radical (unpaired) electrons. The van der Waals surface area contributed by atoms with E-state index in [1.807, 2.05) is 18.2 Å². The minimum absolute atomic E-state index is 0.390. The van der Waals surface area contributed by atoms with Crippen LogP contribution in [0.5, 0.6) is 0 Å². The zero-order valence-corrected chi connectivity index (χ0v) is 12.9. The molecular weight excluding hydrogens is 276 g/mol. The molecule has 2 nitrogen and oxygen atoms in total. The number of anilines is 1. The highest BCUT2D eigenvalue weighted by molar-refractivity contribution is 7.80. The van der Waals surface area contributed by atoms with Gasteiger partial charge in [0.05, 0.1) is 0 Å². The topological polar surface area (TPSA) is 38.0 Å². The van der Waals surface area contributed by atoms with Gasteiger partial charge in [0.25, 0.3) is 0 Å². The first-order valence-electron chi connectivity index (χ1n) is 6.94. The van der Waals surface area contributed by atoms with Gasteiger partial charge in [-0.15, -0.1) is 0 Å². The van der Waals surface area contributed by atoms with Gasteiger partial charge in [-0.3, -0.25) is 0 Å². The van der Waals surface area contributed by atoms with Crippen LogP contribution in [0, 0.1) is 5.92 Å². The summed E-state index contributed by atoms with van der Waals surface area (Å²) >= 11 is 11.1. The lowest BCUT2D eigenvalue weighted by Gasteiger charge is -2.29. The smallest absolute Gasteiger partial charge is 0.106 e. The van der Waals surface area contributed by atoms with E-state index in [1.165, 1.54) is 32.1 Å². The van der Waals surface area contributed by atoms with E-state index in [1.54, 1.807) is 0 Å². The Hall–Kier alpha value is -0.800. The van der Waals surface area contributed by atoms with E-state index in [-0.39, 0.29) is 0 Å². The van der Waals surface area contributed by atoms with Crippen LogP contribution in [0.2, 0.25) is 5.02 Å². The van der Waals surface area contributed by atoms with Gasteiger partial charge >= 0.3 is 0 Å². The average Bonchev–Trinajstić information content (AvgIpc) is 2.41. The molecule has 0 amide bonds. The third-order valence-corrected chi connectivity index (χ3v) is 4.44. The molecule has 19 heavy (non-hydrogen) atoms. The van der Waals surface area contributed by atoms with Crippen molar-refractivity contribution >= 4 is 34.5 Å². The lowest BCUT2D eigenvalue weighted by molar-refractivity contribution is 0.328. The van der Waals surface area contributed by atoms with E-state index in [0.29, 0.717) is 16.1 Å². The van der Waals surface area contributed by atoms with Crippen LogP contribution in [0.3, 0.4) is 0 Å². The third-order valence-electron chi connectivity index (χ3n) is 3.99. The van der Waals surface area contributed by atoms with E-state index in [9.17, 15) is 0 Å². The number of nitrogens with one attached hydrogen (secondary N) is 1. The molecule has 4 heteroatoms. The molecule has 1 fully saturated rings. The number of hydrogen-bond donors (Lipinski definition) is 2. The van der Waals surface area contributed by atoms with E-state index >= 15 is 0 Å². The van der Waals surface area contributed by atoms with Gasteiger partial charge in [-0.25, -0.2) is 0 Å². The fraction of sp³-hybridized carbons (Fsp3) is 0.533. The molecule has 2 rings (SSSR count). The monoisotopic (exact) mass is 296 g/mol. The summed E-state index contributed by atoms with van der Waals surface area (Å²) in [5, 5.41) is 4.23. The second-order valence-electron chi connectivity index (χ2n) is 5.39. The van der Waals surface area contributed by atoms with Crippen molar-refractivity contribution in [2.24, 2.45) is 11.7 Å². The van der Waals surface area contributed by atoms with Gasteiger partial charge in [0.15, 0.2) is 0 Å². The molecule has 1 aliphatic carbocycles. The number of nitrogens with two attached hydrogens (primary N) is 1. The van der Waals surface area contributed by atoms with Crippen LogP contribution < -0.4 is 11.1 Å². The predicted molar refractivity (Wildman–Crippen MR) is 87.0 cm³/mol. The summed E-state index contributed by atoms with van der Waals surface area (Å²) < 4.78 is 0. The van der Waals surface area contributed by atoms with Crippen molar-refractivity contribution in [3.63, 3.8) is 0 Å². The number of thiocarbonyl (C=S) groups is 1. The van der Waals surface area contributed by atoms with E-state index in [2.05, 4.69) is 12.2 Å². The normalized spacial score (nSPS) is 18.0. The summed E-state index contributed by atoms with van der Waals surface area (Å²) in [5.74, 6) is 0.739. The SMILES string of the molecule is CC(Nc1ccc(Cl)cc1C(N)=S)C1CCCCC1. The van der Waals surface area contributed by atoms with Gasteiger partial charge in [0.1, 0.15) is 4.99 Å². The van der Waals surface area contributed by atoms with Gasteiger partial charge in [0.2, 0.25) is 0 Å². The van der Waals surface area contributed by atoms with Gasteiger partial charge in [-0.1, -0.05) is 43.1 Å². The summed E-state index contributed by atoms with van der Waals surface area (Å²) in [6, 6.07) is 6.12. The molecule has 0 spiro atoms. The quantitative estimate of drug-likeness (QED) is 0.811. The average molecular weight is 297 g/mol. The van der Waals surface area contributed by atoms with Crippen LogP contribution in [0.15, 0.2) is 18.2 Å². The molecule has 0 saturated heterocycles. The Morgan fingerprint density at radius 1 is 1.37 bits per heavy atom. The van der Waals surface area contributed by atoms with Crippen molar-refractivity contribution in [1.82, 2.24) is 0 Å². The van der Waals surface area contributed by atoms with Crippen molar-refractivity contribution in [2.75, 3.05) is 5.32 Å². The van der Waals surface area contributed by atoms with Crippen molar-refractivity contribution in [1.29, 1.82) is 0 Å². The molecule has 1 aliphatic rings. The van der Waals surface area contributed by atoms with Gasteiger partial charge < -0.3 is 11.1 Å². The molecule has 3 N–H and O–H groups in total. The molecule has 1 saturated carbocycles. The molecule has 1 aromatic rings. The van der Waals surface area contributed by atoms with Crippen molar-refractivity contribution in [3.8, 4) is 0 Å². The Balaban J connectivity index is 2.11. The Bertz CT molecular complexity index is 455. The predicted octanol–water partition coefficient (Wildman–Crippen LogP) is 4.35. The minimum atomic E-state index is 0.390. The number of benzene rings is 1. The zero-order chi connectivity index (χ0) is 13.8. The summed E-state index contributed by atoms with van der Waals surface area (Å²) in [6.45, 7) is 2.24. The minimum Gasteiger partial charge on any atom is -0.389 e. The third kappa shape index (κ3) is 3.83. The first-order chi connectivity index (χ1) is 9.08. The van der Waals surface area contributed by atoms with E-state index in [0.717, 1.165) is 17.2 Å². The maximum absolute atomic E-state index is 6.00. The van der Waals surface area contributed by atoms with Gasteiger partial charge in [0, 0.05) is 22.3 Å². The Morgan fingerprint density at radius 2 is 2.05 bits per heavy atom. The molecular formula is C15H21ClN2S. The van der Waals surface area contributed by atoms with Crippen molar-refractivity contribution in [3.05, 3.63) is 28.8 Å². The van der Waals surface area contributed by atoms with Crippen LogP contribution in [0.1, 0.15) is 44.6 Å². The first kappa shape index (κ1) is 14.6. The second kappa shape index (κ2) is 6.58. The molecule has 104 valence electrons. The molecule has 0 aromatic heterocycles. The summed E-state index contributed by atoms with van der Waals surface area (Å²) in [4.78, 5) is 0.390. The lowest BCUT2D eigenvalue weighted by Crippen LogP contribution is -2.28. The molecule has 1 unspecified atom stereocenters. The second-order valence-corrected chi connectivity index (χ2v) is 6.26. The van der Waals surface area contributed by atoms with Crippen LogP contribution >= 0.6 is 23.8 Å². The fourth-order valence-electron chi connectivity index (χ4n) is 2.84. The lowest BCUT2D eigenvalue weighted by atomic mass is 9.84. The molecule has 1 atom stereocenters. The summed E-state index contributed by atoms with van der Waals surface area (Å²) in [5.41, 5.74) is 7.60. The summed E-state index contributed by atoms with van der Waals surface area (Å²) in [7, 11) is 0. The number of hydrogen-bond acceptors (Lipinski definition) is 2. The molecule has 1 aromatic carbocycles. The Kier molecular flexibility index (Phi) is 5.06. The maximum Gasteiger partial charge on any atom is 0.106 e. The van der Waals surface area contributed by atoms with E-state index < -0.39 is 0 Å². The number of halogens is 1. The highest BCUT2D eigenvalue weighted by Gasteiger charge is 2.20. The molecule has 0 heterocycles. The number of rotatable bonds is 4. The van der Waals surface area contributed by atoms with Crippen molar-refractivity contribution in [2.45, 2.75) is 45.1 Å². The Labute approximate surface area is 125 Å². The van der Waals surface area contributed by atoms with Gasteiger partial charge in [-0.2, -0.15) is 0 Å². The molecule has 0 aliphatic heterocycles. The largest absolute Gasteiger partial charge is 0.389 e. The van der Waals surface area contributed by atoms with Crippen molar-refractivity contribution < 1.29 is 0 Å². The van der Waals surface area contributed by atoms with Crippen LogP contribution in [0.4, 0.5) is 5.69 Å².